The molecule has 0 unspecified atom stereocenters. The highest BCUT2D eigenvalue weighted by molar-refractivity contribution is 5.61. The highest BCUT2D eigenvalue weighted by atomic mass is 16.3. The van der Waals surface area contributed by atoms with Gasteiger partial charge in [0.1, 0.15) is 22.9 Å². The van der Waals surface area contributed by atoms with Gasteiger partial charge in [-0.05, 0) is 41.8 Å². The van der Waals surface area contributed by atoms with Gasteiger partial charge in [0, 0.05) is 5.92 Å². The fourth-order valence-corrected chi connectivity index (χ4v) is 2.47. The van der Waals surface area contributed by atoms with Crippen molar-refractivity contribution in [3.05, 3.63) is 47.5 Å². The number of hydrogen-bond donors (Lipinski definition) is 2. The monoisotopic (exact) mass is 310 g/mol. The second-order valence-electron chi connectivity index (χ2n) is 4.86. The van der Waals surface area contributed by atoms with Crippen LogP contribution in [-0.2, 0) is 9.59 Å². The summed E-state index contributed by atoms with van der Waals surface area (Å²) in [6.45, 7) is 1.97. The summed E-state index contributed by atoms with van der Waals surface area (Å²) in [5, 5.41) is 19.8. The molecule has 0 saturated carbocycles. The van der Waals surface area contributed by atoms with Gasteiger partial charge in [-0.2, -0.15) is 9.98 Å². The molecule has 0 aliphatic carbocycles. The van der Waals surface area contributed by atoms with Crippen LogP contribution in [0.3, 0.4) is 0 Å². The van der Waals surface area contributed by atoms with Crippen LogP contribution in [0.15, 0.2) is 46.4 Å². The van der Waals surface area contributed by atoms with Gasteiger partial charge in [0.15, 0.2) is 0 Å². The Balaban J connectivity index is 2.43. The Morgan fingerprint density at radius 1 is 0.913 bits per heavy atom. The number of rotatable bonds is 5. The molecule has 0 amide bonds. The molecule has 0 spiro atoms. The summed E-state index contributed by atoms with van der Waals surface area (Å²) >= 11 is 0. The zero-order chi connectivity index (χ0) is 16.8. The van der Waals surface area contributed by atoms with Crippen LogP contribution in [0.25, 0.3) is 0 Å². The van der Waals surface area contributed by atoms with E-state index in [1.54, 1.807) is 12.1 Å². The molecule has 23 heavy (non-hydrogen) atoms. The Bertz CT molecular complexity index is 752. The Hall–Kier alpha value is -3.20. The van der Waals surface area contributed by atoms with Crippen molar-refractivity contribution < 1.29 is 19.8 Å². The molecule has 0 saturated heterocycles. The van der Waals surface area contributed by atoms with E-state index in [9.17, 15) is 19.8 Å². The maximum atomic E-state index is 10.3. The maximum Gasteiger partial charge on any atom is 0.240 e. The summed E-state index contributed by atoms with van der Waals surface area (Å²) in [5.41, 5.74) is 1.91. The highest BCUT2D eigenvalue weighted by Crippen LogP contribution is 2.37. The molecular formula is C17H14N2O4. The van der Waals surface area contributed by atoms with E-state index < -0.39 is 0 Å². The lowest BCUT2D eigenvalue weighted by molar-refractivity contribution is 0.474. The second kappa shape index (κ2) is 7.18. The predicted molar refractivity (Wildman–Crippen MR) is 83.9 cm³/mol. The maximum absolute atomic E-state index is 10.3. The molecule has 2 aromatic rings. The van der Waals surface area contributed by atoms with Crippen LogP contribution in [0.4, 0.5) is 11.4 Å². The lowest BCUT2D eigenvalue weighted by atomic mass is 9.88. The van der Waals surface area contributed by atoms with Crippen LogP contribution in [-0.4, -0.2) is 22.4 Å². The molecule has 0 bridgehead atoms. The van der Waals surface area contributed by atoms with E-state index >= 15 is 0 Å². The molecule has 6 nitrogen and oxygen atoms in total. The summed E-state index contributed by atoms with van der Waals surface area (Å²) < 4.78 is 0. The van der Waals surface area contributed by atoms with Crippen LogP contribution in [0, 0.1) is 0 Å². The van der Waals surface area contributed by atoms with Crippen molar-refractivity contribution in [1.29, 1.82) is 0 Å². The first-order valence-electron chi connectivity index (χ1n) is 6.92. The van der Waals surface area contributed by atoms with Crippen molar-refractivity contribution in [2.45, 2.75) is 19.3 Å². The van der Waals surface area contributed by atoms with Crippen molar-refractivity contribution in [2.75, 3.05) is 0 Å². The number of phenolic OH excluding ortho intramolecular Hbond substituents is 2. The Morgan fingerprint density at radius 3 is 1.65 bits per heavy atom. The van der Waals surface area contributed by atoms with Gasteiger partial charge in [0.2, 0.25) is 12.2 Å². The van der Waals surface area contributed by atoms with Crippen LogP contribution >= 0.6 is 0 Å². The van der Waals surface area contributed by atoms with E-state index in [1.807, 2.05) is 6.92 Å². The Labute approximate surface area is 132 Å². The van der Waals surface area contributed by atoms with Crippen LogP contribution in [0.5, 0.6) is 11.5 Å². The summed E-state index contributed by atoms with van der Waals surface area (Å²) in [4.78, 5) is 27.4. The van der Waals surface area contributed by atoms with Crippen molar-refractivity contribution in [2.24, 2.45) is 9.98 Å². The van der Waals surface area contributed by atoms with E-state index in [0.717, 1.165) is 11.1 Å². The molecule has 0 atom stereocenters. The molecule has 0 aliphatic heterocycles. The summed E-state index contributed by atoms with van der Waals surface area (Å²) in [6.07, 6.45) is 3.48. The first kappa shape index (κ1) is 16.2. The SMILES string of the molecule is CCC(c1ccc(N=C=O)c(O)c1)c1ccc(N=C=O)c(O)c1. The van der Waals surface area contributed by atoms with Gasteiger partial charge >= 0.3 is 0 Å². The topological polar surface area (TPSA) is 99.3 Å². The number of hydrogen-bond acceptors (Lipinski definition) is 6. The average molecular weight is 310 g/mol. The molecule has 0 heterocycles. The van der Waals surface area contributed by atoms with E-state index in [1.165, 1.54) is 36.4 Å². The van der Waals surface area contributed by atoms with E-state index in [-0.39, 0.29) is 28.8 Å². The highest BCUT2D eigenvalue weighted by Gasteiger charge is 2.15. The number of benzene rings is 2. The average Bonchev–Trinajstić information content (AvgIpc) is 2.53. The second-order valence-corrected chi connectivity index (χ2v) is 4.86. The van der Waals surface area contributed by atoms with E-state index in [0.29, 0.717) is 6.42 Å². The van der Waals surface area contributed by atoms with Crippen LogP contribution < -0.4 is 0 Å². The quantitative estimate of drug-likeness (QED) is 0.651. The fourth-order valence-electron chi connectivity index (χ4n) is 2.47. The largest absolute Gasteiger partial charge is 0.506 e. The van der Waals surface area contributed by atoms with Gasteiger partial charge in [-0.1, -0.05) is 19.1 Å². The van der Waals surface area contributed by atoms with Crippen molar-refractivity contribution in [3.8, 4) is 11.5 Å². The number of nitrogens with zero attached hydrogens (tertiary/aromatic N) is 2. The van der Waals surface area contributed by atoms with E-state index in [2.05, 4.69) is 9.98 Å². The number of isocyanates is 2. The Kier molecular flexibility index (Phi) is 5.05. The molecule has 0 fully saturated rings. The number of phenols is 2. The predicted octanol–water partition coefficient (Wildman–Crippen LogP) is 3.57. The van der Waals surface area contributed by atoms with Crippen LogP contribution in [0.1, 0.15) is 30.4 Å². The molecule has 0 aromatic heterocycles. The van der Waals surface area contributed by atoms with Crippen molar-refractivity contribution >= 4 is 23.5 Å². The van der Waals surface area contributed by atoms with Gasteiger partial charge in [-0.25, -0.2) is 9.59 Å². The molecule has 6 heteroatoms. The molecule has 0 radical (unpaired) electrons. The minimum absolute atomic E-state index is 0.0877. The molecule has 2 aromatic carbocycles. The van der Waals surface area contributed by atoms with Gasteiger partial charge in [-0.3, -0.25) is 0 Å². The molecule has 116 valence electrons. The first-order valence-corrected chi connectivity index (χ1v) is 6.92. The normalized spacial score (nSPS) is 11.2. The molecule has 2 N–H and O–H groups in total. The van der Waals surface area contributed by atoms with Gasteiger partial charge < -0.3 is 10.2 Å². The standard InChI is InChI=1S/C17H14N2O4/c1-2-13(11-3-5-14(18-9-20)16(22)7-11)12-4-6-15(19-10-21)17(23)8-12/h3-8,13,22-23H,2H2,1H3. The third-order valence-electron chi connectivity index (χ3n) is 3.54. The summed E-state index contributed by atoms with van der Waals surface area (Å²) in [7, 11) is 0. The molecule has 0 aliphatic rings. The third kappa shape index (κ3) is 3.52. The first-order chi connectivity index (χ1) is 11.1. The van der Waals surface area contributed by atoms with Crippen molar-refractivity contribution in [3.63, 3.8) is 0 Å². The number of carbonyl (C=O) groups excluding carboxylic acids is 2. The van der Waals surface area contributed by atoms with Crippen LogP contribution in [0.2, 0.25) is 0 Å². The lowest BCUT2D eigenvalue weighted by Gasteiger charge is -2.17. The van der Waals surface area contributed by atoms with Crippen molar-refractivity contribution in [1.82, 2.24) is 0 Å². The fraction of sp³-hybridized carbons (Fsp3) is 0.176. The summed E-state index contributed by atoms with van der Waals surface area (Å²) in [5.74, 6) is -0.318. The smallest absolute Gasteiger partial charge is 0.240 e. The van der Waals surface area contributed by atoms with Gasteiger partial charge in [-0.15, -0.1) is 0 Å². The summed E-state index contributed by atoms with van der Waals surface area (Å²) in [6, 6.07) is 9.61. The minimum atomic E-state index is -0.115. The van der Waals surface area contributed by atoms with Gasteiger partial charge in [0.25, 0.3) is 0 Å². The Morgan fingerprint density at radius 2 is 1.35 bits per heavy atom. The lowest BCUT2D eigenvalue weighted by Crippen LogP contribution is -1.99. The van der Waals surface area contributed by atoms with E-state index in [4.69, 9.17) is 0 Å². The zero-order valence-electron chi connectivity index (χ0n) is 12.4. The molecule has 2 rings (SSSR count). The number of aromatic hydroxyl groups is 2. The minimum Gasteiger partial charge on any atom is -0.506 e. The molecular weight excluding hydrogens is 296 g/mol. The number of aliphatic imine (C=N–C) groups is 2. The van der Waals surface area contributed by atoms with Gasteiger partial charge in [0.05, 0.1) is 0 Å². The zero-order valence-corrected chi connectivity index (χ0v) is 12.4. The third-order valence-corrected chi connectivity index (χ3v) is 3.54.